The summed E-state index contributed by atoms with van der Waals surface area (Å²) in [6.45, 7) is 8.09. The minimum atomic E-state index is 0.627. The topological polar surface area (TPSA) is 42.2 Å². The number of benzene rings is 1. The summed E-state index contributed by atoms with van der Waals surface area (Å²) in [6.07, 6.45) is 2.13. The Kier molecular flexibility index (Phi) is 4.34. The minimum Gasteiger partial charge on any atom is -0.421 e. The number of hydrogen-bond acceptors (Lipinski definition) is 4. The summed E-state index contributed by atoms with van der Waals surface area (Å²) in [5.41, 5.74) is 0.990. The van der Waals surface area contributed by atoms with Crippen LogP contribution in [0.2, 0.25) is 0 Å². The Balaban J connectivity index is 1.58. The molecule has 3 rings (SSSR count). The molecule has 1 aromatic heterocycles. The summed E-state index contributed by atoms with van der Waals surface area (Å²) >= 11 is 0. The van der Waals surface area contributed by atoms with Gasteiger partial charge in [0.25, 0.3) is 0 Å². The van der Waals surface area contributed by atoms with Crippen molar-refractivity contribution in [1.29, 1.82) is 0 Å². The summed E-state index contributed by atoms with van der Waals surface area (Å²) in [7, 11) is 0. The van der Waals surface area contributed by atoms with Crippen molar-refractivity contribution in [2.75, 3.05) is 19.6 Å². The van der Waals surface area contributed by atoms with Gasteiger partial charge in [-0.15, -0.1) is 10.2 Å². The monoisotopic (exact) mass is 285 g/mol. The minimum absolute atomic E-state index is 0.627. The van der Waals surface area contributed by atoms with Gasteiger partial charge in [-0.05, 0) is 36.9 Å². The Labute approximate surface area is 126 Å². The van der Waals surface area contributed by atoms with E-state index in [-0.39, 0.29) is 0 Å². The van der Waals surface area contributed by atoms with Gasteiger partial charge in [0.05, 0.1) is 0 Å². The highest BCUT2D eigenvalue weighted by atomic mass is 16.4. The number of nitrogens with zero attached hydrogens (tertiary/aromatic N) is 3. The van der Waals surface area contributed by atoms with E-state index in [1.165, 1.54) is 19.5 Å². The van der Waals surface area contributed by atoms with E-state index in [4.69, 9.17) is 4.42 Å². The van der Waals surface area contributed by atoms with Crippen LogP contribution in [0.5, 0.6) is 0 Å². The molecule has 1 aliphatic rings. The van der Waals surface area contributed by atoms with Gasteiger partial charge in [-0.2, -0.15) is 0 Å². The van der Waals surface area contributed by atoms with Gasteiger partial charge in [0.2, 0.25) is 11.8 Å². The van der Waals surface area contributed by atoms with E-state index >= 15 is 0 Å². The van der Waals surface area contributed by atoms with E-state index in [2.05, 4.69) is 28.9 Å². The van der Waals surface area contributed by atoms with Gasteiger partial charge in [-0.1, -0.05) is 32.0 Å². The summed E-state index contributed by atoms with van der Waals surface area (Å²) < 4.78 is 5.81. The van der Waals surface area contributed by atoms with E-state index in [1.54, 1.807) is 0 Å². The van der Waals surface area contributed by atoms with Gasteiger partial charge in [-0.25, -0.2) is 0 Å². The van der Waals surface area contributed by atoms with Gasteiger partial charge in [0.15, 0.2) is 0 Å². The van der Waals surface area contributed by atoms with Crippen molar-refractivity contribution in [3.63, 3.8) is 0 Å². The molecule has 1 unspecified atom stereocenters. The molecule has 0 N–H and O–H groups in total. The molecule has 2 heterocycles. The molecule has 0 aliphatic carbocycles. The molecule has 2 aromatic rings. The number of likely N-dealkylation sites (tertiary alicyclic amines) is 1. The smallest absolute Gasteiger partial charge is 0.247 e. The summed E-state index contributed by atoms with van der Waals surface area (Å²) in [4.78, 5) is 2.55. The van der Waals surface area contributed by atoms with Crippen LogP contribution in [0.25, 0.3) is 11.5 Å². The van der Waals surface area contributed by atoms with Crippen molar-refractivity contribution in [2.24, 2.45) is 11.8 Å². The fraction of sp³-hybridized carbons (Fsp3) is 0.529. The predicted molar refractivity (Wildman–Crippen MR) is 82.8 cm³/mol. The lowest BCUT2D eigenvalue weighted by Gasteiger charge is -2.17. The quantitative estimate of drug-likeness (QED) is 0.845. The van der Waals surface area contributed by atoms with E-state index in [9.17, 15) is 0 Å². The molecule has 1 aromatic carbocycles. The largest absolute Gasteiger partial charge is 0.421 e. The Hall–Kier alpha value is -1.68. The molecule has 1 saturated heterocycles. The molecule has 0 spiro atoms. The molecule has 1 atom stereocenters. The third-order valence-corrected chi connectivity index (χ3v) is 3.94. The van der Waals surface area contributed by atoms with Crippen molar-refractivity contribution in [1.82, 2.24) is 15.1 Å². The molecule has 112 valence electrons. The average Bonchev–Trinajstić information content (AvgIpc) is 3.09. The first-order valence-electron chi connectivity index (χ1n) is 7.81. The zero-order valence-corrected chi connectivity index (χ0v) is 12.8. The van der Waals surface area contributed by atoms with Crippen molar-refractivity contribution in [3.05, 3.63) is 36.2 Å². The molecule has 21 heavy (non-hydrogen) atoms. The van der Waals surface area contributed by atoms with Crippen LogP contribution in [0.4, 0.5) is 0 Å². The fourth-order valence-electron chi connectivity index (χ4n) is 3.04. The second kappa shape index (κ2) is 6.39. The van der Waals surface area contributed by atoms with Crippen LogP contribution in [0.15, 0.2) is 34.7 Å². The first kappa shape index (κ1) is 14.3. The van der Waals surface area contributed by atoms with Crippen molar-refractivity contribution in [2.45, 2.75) is 26.7 Å². The standard InChI is InChI=1S/C17H23N3O/c1-13(2)11-20-9-8-14(12-20)10-16-18-19-17(21-16)15-6-4-3-5-7-15/h3-7,13-14H,8-12H2,1-2H3. The Morgan fingerprint density at radius 3 is 2.81 bits per heavy atom. The van der Waals surface area contributed by atoms with Crippen LogP contribution in [-0.2, 0) is 6.42 Å². The Bertz CT molecular complexity index is 564. The van der Waals surface area contributed by atoms with Crippen LogP contribution in [-0.4, -0.2) is 34.7 Å². The maximum atomic E-state index is 5.81. The SMILES string of the molecule is CC(C)CN1CCC(Cc2nnc(-c3ccccc3)o2)C1. The van der Waals surface area contributed by atoms with Crippen LogP contribution < -0.4 is 0 Å². The molecule has 0 radical (unpaired) electrons. The van der Waals surface area contributed by atoms with Crippen LogP contribution >= 0.6 is 0 Å². The summed E-state index contributed by atoms with van der Waals surface area (Å²) in [5, 5.41) is 8.37. The molecule has 1 aliphatic heterocycles. The first-order chi connectivity index (χ1) is 10.2. The van der Waals surface area contributed by atoms with Crippen LogP contribution in [0.3, 0.4) is 0 Å². The van der Waals surface area contributed by atoms with Gasteiger partial charge in [0.1, 0.15) is 0 Å². The van der Waals surface area contributed by atoms with Crippen molar-refractivity contribution in [3.8, 4) is 11.5 Å². The normalized spacial score (nSPS) is 19.5. The number of rotatable bonds is 5. The maximum absolute atomic E-state index is 5.81. The highest BCUT2D eigenvalue weighted by Crippen LogP contribution is 2.23. The first-order valence-corrected chi connectivity index (χ1v) is 7.81. The molecule has 4 heteroatoms. The van der Waals surface area contributed by atoms with E-state index < -0.39 is 0 Å². The van der Waals surface area contributed by atoms with Gasteiger partial charge in [0, 0.05) is 25.1 Å². The highest BCUT2D eigenvalue weighted by molar-refractivity contribution is 5.51. The van der Waals surface area contributed by atoms with Gasteiger partial charge >= 0.3 is 0 Å². The van der Waals surface area contributed by atoms with E-state index in [1.807, 2.05) is 30.3 Å². The lowest BCUT2D eigenvalue weighted by Crippen LogP contribution is -2.25. The third kappa shape index (κ3) is 3.70. The lowest BCUT2D eigenvalue weighted by atomic mass is 10.1. The molecule has 1 fully saturated rings. The fourth-order valence-corrected chi connectivity index (χ4v) is 3.04. The van der Waals surface area contributed by atoms with E-state index in [0.717, 1.165) is 30.3 Å². The third-order valence-electron chi connectivity index (χ3n) is 3.94. The van der Waals surface area contributed by atoms with Crippen LogP contribution in [0, 0.1) is 11.8 Å². The Morgan fingerprint density at radius 2 is 2.05 bits per heavy atom. The van der Waals surface area contributed by atoms with Gasteiger partial charge < -0.3 is 9.32 Å². The Morgan fingerprint density at radius 1 is 1.24 bits per heavy atom. The second-order valence-electron chi connectivity index (χ2n) is 6.38. The van der Waals surface area contributed by atoms with Crippen molar-refractivity contribution < 1.29 is 4.42 Å². The summed E-state index contributed by atoms with van der Waals surface area (Å²) in [5.74, 6) is 2.78. The van der Waals surface area contributed by atoms with Gasteiger partial charge in [-0.3, -0.25) is 0 Å². The zero-order chi connectivity index (χ0) is 14.7. The highest BCUT2D eigenvalue weighted by Gasteiger charge is 2.24. The predicted octanol–water partition coefficient (Wildman–Crippen LogP) is 3.26. The molecule has 0 saturated carbocycles. The molecular formula is C17H23N3O. The van der Waals surface area contributed by atoms with E-state index in [0.29, 0.717) is 11.8 Å². The molecule has 0 amide bonds. The second-order valence-corrected chi connectivity index (χ2v) is 6.38. The summed E-state index contributed by atoms with van der Waals surface area (Å²) in [6, 6.07) is 9.96. The molecule has 0 bridgehead atoms. The lowest BCUT2D eigenvalue weighted by molar-refractivity contribution is 0.284. The maximum Gasteiger partial charge on any atom is 0.247 e. The average molecular weight is 285 g/mol. The zero-order valence-electron chi connectivity index (χ0n) is 12.8. The molecule has 4 nitrogen and oxygen atoms in total. The number of hydrogen-bond donors (Lipinski definition) is 0. The van der Waals surface area contributed by atoms with Crippen LogP contribution in [0.1, 0.15) is 26.2 Å². The van der Waals surface area contributed by atoms with Crippen molar-refractivity contribution >= 4 is 0 Å². The molecular weight excluding hydrogens is 262 g/mol. The number of aromatic nitrogens is 2.